The number of methoxy groups -OCH3 is 2. The van der Waals surface area contributed by atoms with Gasteiger partial charge in [-0.25, -0.2) is 9.18 Å². The van der Waals surface area contributed by atoms with E-state index in [1.165, 1.54) is 20.3 Å². The lowest BCUT2D eigenvalue weighted by atomic mass is 10.1. The number of ether oxygens (including phenoxy) is 2. The van der Waals surface area contributed by atoms with Gasteiger partial charge >= 0.3 is 5.97 Å². The van der Waals surface area contributed by atoms with E-state index in [4.69, 9.17) is 14.6 Å². The number of hydrogen-bond donors (Lipinski definition) is 2. The summed E-state index contributed by atoms with van der Waals surface area (Å²) in [5.41, 5.74) is -0.450. The van der Waals surface area contributed by atoms with Crippen molar-refractivity contribution < 1.29 is 28.9 Å². The molecule has 88 valence electrons. The summed E-state index contributed by atoms with van der Waals surface area (Å²) in [7, 11) is 2.56. The van der Waals surface area contributed by atoms with Crippen LogP contribution in [0.4, 0.5) is 4.39 Å². The second-order valence-corrected chi connectivity index (χ2v) is 2.94. The number of carboxylic acids is 1. The summed E-state index contributed by atoms with van der Waals surface area (Å²) < 4.78 is 23.1. The zero-order valence-electron chi connectivity index (χ0n) is 8.73. The number of aliphatic carboxylic acids is 1. The van der Waals surface area contributed by atoms with Crippen LogP contribution in [0, 0.1) is 5.82 Å². The molecule has 0 fully saturated rings. The number of carboxylic acid groups (broad SMARTS) is 1. The molecule has 0 bridgehead atoms. The number of halogens is 1. The van der Waals surface area contributed by atoms with E-state index in [1.54, 1.807) is 0 Å². The van der Waals surface area contributed by atoms with Crippen molar-refractivity contribution in [3.63, 3.8) is 0 Å². The van der Waals surface area contributed by atoms with Gasteiger partial charge in [0.15, 0.2) is 17.6 Å². The molecule has 0 aliphatic rings. The maximum atomic E-state index is 13.4. The summed E-state index contributed by atoms with van der Waals surface area (Å²) >= 11 is 0. The fourth-order valence-corrected chi connectivity index (χ4v) is 1.31. The van der Waals surface area contributed by atoms with E-state index in [2.05, 4.69) is 0 Å². The van der Waals surface area contributed by atoms with Gasteiger partial charge in [0.05, 0.1) is 19.8 Å². The van der Waals surface area contributed by atoms with Gasteiger partial charge in [0.1, 0.15) is 5.82 Å². The zero-order valence-corrected chi connectivity index (χ0v) is 8.73. The Hall–Kier alpha value is -1.82. The van der Waals surface area contributed by atoms with Gasteiger partial charge in [-0.2, -0.15) is 0 Å². The molecular weight excluding hydrogens is 219 g/mol. The van der Waals surface area contributed by atoms with Gasteiger partial charge in [-0.1, -0.05) is 0 Å². The molecule has 6 heteroatoms. The molecule has 0 spiro atoms. The molecule has 1 atom stereocenters. The Morgan fingerprint density at radius 2 is 2.00 bits per heavy atom. The van der Waals surface area contributed by atoms with Crippen LogP contribution in [0.1, 0.15) is 11.7 Å². The first-order valence-corrected chi connectivity index (χ1v) is 4.34. The van der Waals surface area contributed by atoms with Crippen LogP contribution in [0.2, 0.25) is 0 Å². The average Bonchev–Trinajstić information content (AvgIpc) is 2.27. The van der Waals surface area contributed by atoms with Crippen molar-refractivity contribution in [2.45, 2.75) is 6.10 Å². The van der Waals surface area contributed by atoms with Crippen molar-refractivity contribution in [1.29, 1.82) is 0 Å². The highest BCUT2D eigenvalue weighted by atomic mass is 19.1. The van der Waals surface area contributed by atoms with Gasteiger partial charge in [0.2, 0.25) is 0 Å². The van der Waals surface area contributed by atoms with Crippen molar-refractivity contribution in [1.82, 2.24) is 0 Å². The number of benzene rings is 1. The molecule has 0 radical (unpaired) electrons. The Bertz CT molecular complexity index is 404. The standard InChI is InChI=1S/C10H11FO5/c1-15-6-4-3-5(11)7(9(6)16-2)8(12)10(13)14/h3-4,8,12H,1-2H3,(H,13,14). The lowest BCUT2D eigenvalue weighted by Gasteiger charge is -2.15. The van der Waals surface area contributed by atoms with Crippen LogP contribution in [0.5, 0.6) is 11.5 Å². The van der Waals surface area contributed by atoms with E-state index in [-0.39, 0.29) is 11.5 Å². The fourth-order valence-electron chi connectivity index (χ4n) is 1.31. The molecule has 0 aromatic heterocycles. The minimum Gasteiger partial charge on any atom is -0.493 e. The first-order chi connectivity index (χ1) is 7.52. The summed E-state index contributed by atoms with van der Waals surface area (Å²) in [6.45, 7) is 0. The van der Waals surface area contributed by atoms with Gasteiger partial charge in [0, 0.05) is 0 Å². The maximum Gasteiger partial charge on any atom is 0.337 e. The molecule has 1 aromatic carbocycles. The van der Waals surface area contributed by atoms with E-state index in [0.29, 0.717) is 0 Å². The van der Waals surface area contributed by atoms with E-state index >= 15 is 0 Å². The molecule has 0 aliphatic heterocycles. The minimum absolute atomic E-state index is 0.127. The molecule has 2 N–H and O–H groups in total. The van der Waals surface area contributed by atoms with Crippen molar-refractivity contribution in [2.24, 2.45) is 0 Å². The SMILES string of the molecule is COc1ccc(F)c(C(O)C(=O)O)c1OC. The number of hydrogen-bond acceptors (Lipinski definition) is 4. The molecule has 0 saturated carbocycles. The van der Waals surface area contributed by atoms with Gasteiger partial charge < -0.3 is 19.7 Å². The molecule has 0 amide bonds. The second kappa shape index (κ2) is 4.80. The fraction of sp³-hybridized carbons (Fsp3) is 0.300. The van der Waals surface area contributed by atoms with Crippen LogP contribution >= 0.6 is 0 Å². The molecule has 0 aliphatic carbocycles. The Labute approximate surface area is 91.0 Å². The number of rotatable bonds is 4. The molecule has 16 heavy (non-hydrogen) atoms. The maximum absolute atomic E-state index is 13.4. The predicted octanol–water partition coefficient (Wildman–Crippen LogP) is 0.961. The zero-order chi connectivity index (χ0) is 12.3. The number of carbonyl (C=O) groups is 1. The normalized spacial score (nSPS) is 12.0. The number of aliphatic hydroxyl groups is 1. The molecular formula is C10H11FO5. The van der Waals surface area contributed by atoms with Crippen molar-refractivity contribution in [3.8, 4) is 11.5 Å². The Morgan fingerprint density at radius 3 is 2.44 bits per heavy atom. The third-order valence-corrected chi connectivity index (χ3v) is 2.04. The summed E-state index contributed by atoms with van der Waals surface area (Å²) in [6.07, 6.45) is -2.00. The third-order valence-electron chi connectivity index (χ3n) is 2.04. The van der Waals surface area contributed by atoms with Gasteiger partial charge in [-0.05, 0) is 12.1 Å². The summed E-state index contributed by atoms with van der Waals surface area (Å²) in [5.74, 6) is -2.41. The van der Waals surface area contributed by atoms with Gasteiger partial charge in [-0.3, -0.25) is 0 Å². The highest BCUT2D eigenvalue weighted by molar-refractivity contribution is 5.76. The van der Waals surface area contributed by atoms with Crippen LogP contribution in [0.15, 0.2) is 12.1 Å². The van der Waals surface area contributed by atoms with Crippen molar-refractivity contribution in [2.75, 3.05) is 14.2 Å². The molecule has 1 unspecified atom stereocenters. The first-order valence-electron chi connectivity index (χ1n) is 4.34. The molecule has 0 heterocycles. The highest BCUT2D eigenvalue weighted by Gasteiger charge is 2.26. The second-order valence-electron chi connectivity index (χ2n) is 2.94. The van der Waals surface area contributed by atoms with E-state index in [9.17, 15) is 14.3 Å². The van der Waals surface area contributed by atoms with Crippen LogP contribution in [0.3, 0.4) is 0 Å². The quantitative estimate of drug-likeness (QED) is 0.805. The lowest BCUT2D eigenvalue weighted by Crippen LogP contribution is -2.14. The highest BCUT2D eigenvalue weighted by Crippen LogP contribution is 2.36. The third kappa shape index (κ3) is 2.06. The van der Waals surface area contributed by atoms with Crippen LogP contribution in [0.25, 0.3) is 0 Å². The Morgan fingerprint density at radius 1 is 1.38 bits per heavy atom. The van der Waals surface area contributed by atoms with Crippen LogP contribution in [-0.4, -0.2) is 30.4 Å². The topological polar surface area (TPSA) is 76.0 Å². The summed E-state index contributed by atoms with van der Waals surface area (Å²) in [4.78, 5) is 10.6. The molecule has 1 rings (SSSR count). The van der Waals surface area contributed by atoms with Crippen LogP contribution < -0.4 is 9.47 Å². The first kappa shape index (κ1) is 12.3. The smallest absolute Gasteiger partial charge is 0.337 e. The molecule has 0 saturated heterocycles. The summed E-state index contributed by atoms with van der Waals surface area (Å²) in [5, 5.41) is 18.0. The van der Waals surface area contributed by atoms with Crippen molar-refractivity contribution >= 4 is 5.97 Å². The number of aliphatic hydroxyl groups excluding tert-OH is 1. The molecule has 1 aromatic rings. The molecule has 5 nitrogen and oxygen atoms in total. The predicted molar refractivity (Wildman–Crippen MR) is 52.1 cm³/mol. The van der Waals surface area contributed by atoms with E-state index in [0.717, 1.165) is 6.07 Å². The minimum atomic E-state index is -2.00. The summed E-state index contributed by atoms with van der Waals surface area (Å²) in [6, 6.07) is 2.29. The largest absolute Gasteiger partial charge is 0.493 e. The monoisotopic (exact) mass is 230 g/mol. The average molecular weight is 230 g/mol. The van der Waals surface area contributed by atoms with E-state index in [1.807, 2.05) is 0 Å². The Kier molecular flexibility index (Phi) is 3.68. The van der Waals surface area contributed by atoms with Crippen molar-refractivity contribution in [3.05, 3.63) is 23.5 Å². The van der Waals surface area contributed by atoms with Crippen LogP contribution in [-0.2, 0) is 4.79 Å². The Balaban J connectivity index is 3.39. The van der Waals surface area contributed by atoms with E-state index < -0.39 is 23.5 Å². The lowest BCUT2D eigenvalue weighted by molar-refractivity contribution is -0.147. The van der Waals surface area contributed by atoms with Gasteiger partial charge in [-0.15, -0.1) is 0 Å². The van der Waals surface area contributed by atoms with Gasteiger partial charge in [0.25, 0.3) is 0 Å².